The van der Waals surface area contributed by atoms with Crippen molar-refractivity contribution in [3.05, 3.63) is 60.2 Å². The largest absolute Gasteiger partial charge is 0.383 e. The number of methoxy groups -OCH3 is 1. The predicted molar refractivity (Wildman–Crippen MR) is 128 cm³/mol. The van der Waals surface area contributed by atoms with E-state index in [1.54, 1.807) is 12.0 Å². The Kier molecular flexibility index (Phi) is 6.73. The Bertz CT molecular complexity index is 933. The highest BCUT2D eigenvalue weighted by molar-refractivity contribution is 6.35. The number of carbonyl (C=O) groups excluding carboxylic acids is 1. The highest BCUT2D eigenvalue weighted by Crippen LogP contribution is 2.45. The Hall–Kier alpha value is -2.63. The summed E-state index contributed by atoms with van der Waals surface area (Å²) < 4.78 is 5.21. The van der Waals surface area contributed by atoms with E-state index in [1.165, 1.54) is 5.56 Å². The zero-order valence-electron chi connectivity index (χ0n) is 18.7. The molecule has 1 fully saturated rings. The lowest BCUT2D eigenvalue weighted by atomic mass is 9.95. The Morgan fingerprint density at radius 3 is 2.55 bits per heavy atom. The molecular weight excluding hydrogens is 386 g/mol. The number of fused-ring (bicyclic) bond motifs is 1. The number of hydrogen-bond donors (Lipinski definition) is 1. The first-order valence-electron chi connectivity index (χ1n) is 11.4. The number of rotatable bonds is 8. The van der Waals surface area contributed by atoms with Crippen LogP contribution >= 0.6 is 0 Å². The summed E-state index contributed by atoms with van der Waals surface area (Å²) in [4.78, 5) is 17.4. The van der Waals surface area contributed by atoms with Crippen molar-refractivity contribution in [2.24, 2.45) is 0 Å². The molecule has 1 saturated heterocycles. The first-order chi connectivity index (χ1) is 15.1. The summed E-state index contributed by atoms with van der Waals surface area (Å²) in [6.07, 6.45) is 4.17. The lowest BCUT2D eigenvalue weighted by molar-refractivity contribution is -0.112. The maximum Gasteiger partial charge on any atom is 0.262 e. The molecule has 4 rings (SSSR count). The zero-order chi connectivity index (χ0) is 21.8. The molecule has 2 heterocycles. The van der Waals surface area contributed by atoms with Gasteiger partial charge in [0.2, 0.25) is 0 Å². The van der Waals surface area contributed by atoms with E-state index in [0.717, 1.165) is 74.6 Å². The second-order valence-corrected chi connectivity index (χ2v) is 8.44. The van der Waals surface area contributed by atoms with Crippen LogP contribution in [0.2, 0.25) is 0 Å². The molecule has 5 heteroatoms. The van der Waals surface area contributed by atoms with Gasteiger partial charge < -0.3 is 15.0 Å². The van der Waals surface area contributed by atoms with Crippen molar-refractivity contribution in [1.29, 1.82) is 0 Å². The summed E-state index contributed by atoms with van der Waals surface area (Å²) >= 11 is 0. The topological polar surface area (TPSA) is 44.8 Å². The third-order valence-electron chi connectivity index (χ3n) is 6.37. The molecule has 2 aromatic carbocycles. The van der Waals surface area contributed by atoms with Crippen LogP contribution in [0.4, 0.5) is 17.1 Å². The van der Waals surface area contributed by atoms with Gasteiger partial charge in [0, 0.05) is 55.3 Å². The number of amides is 1. The van der Waals surface area contributed by atoms with Crippen LogP contribution in [0.1, 0.15) is 37.3 Å². The maximum atomic E-state index is 13.1. The third kappa shape index (κ3) is 4.39. The van der Waals surface area contributed by atoms with Crippen LogP contribution in [-0.4, -0.2) is 50.2 Å². The number of nitrogens with one attached hydrogen (secondary N) is 1. The summed E-state index contributed by atoms with van der Waals surface area (Å²) in [5.74, 6) is -0.0258. The Morgan fingerprint density at radius 1 is 1.13 bits per heavy atom. The lowest BCUT2D eigenvalue weighted by Gasteiger charge is -2.33. The summed E-state index contributed by atoms with van der Waals surface area (Å²) in [7, 11) is 1.76. The van der Waals surface area contributed by atoms with Gasteiger partial charge in [-0.25, -0.2) is 0 Å². The van der Waals surface area contributed by atoms with E-state index in [-0.39, 0.29) is 5.91 Å². The molecule has 164 valence electrons. The van der Waals surface area contributed by atoms with Gasteiger partial charge in [0.05, 0.1) is 12.3 Å². The molecular formula is C26H33N3O2. The Labute approximate surface area is 185 Å². The smallest absolute Gasteiger partial charge is 0.262 e. The van der Waals surface area contributed by atoms with Gasteiger partial charge in [-0.1, -0.05) is 38.1 Å². The number of ether oxygens (including phenoxy) is 1. The minimum absolute atomic E-state index is 0.0258. The van der Waals surface area contributed by atoms with E-state index in [2.05, 4.69) is 35.9 Å². The number of likely N-dealkylation sites (tertiary alicyclic amines) is 1. The van der Waals surface area contributed by atoms with Gasteiger partial charge in [-0.3, -0.25) is 9.69 Å². The van der Waals surface area contributed by atoms with Gasteiger partial charge in [0.15, 0.2) is 0 Å². The average molecular weight is 420 g/mol. The number of hydrogen-bond acceptors (Lipinski definition) is 4. The number of carbonyl (C=O) groups is 1. The Balaban J connectivity index is 1.59. The fourth-order valence-corrected chi connectivity index (χ4v) is 4.73. The highest BCUT2D eigenvalue weighted by atomic mass is 16.5. The minimum Gasteiger partial charge on any atom is -0.383 e. The van der Waals surface area contributed by atoms with Crippen molar-refractivity contribution in [1.82, 2.24) is 4.90 Å². The van der Waals surface area contributed by atoms with Crippen LogP contribution in [-0.2, 0) is 16.0 Å². The third-order valence-corrected chi connectivity index (χ3v) is 6.37. The lowest BCUT2D eigenvalue weighted by Crippen LogP contribution is -2.40. The first kappa shape index (κ1) is 21.6. The highest BCUT2D eigenvalue weighted by Gasteiger charge is 2.35. The molecule has 2 aliphatic rings. The fourth-order valence-electron chi connectivity index (χ4n) is 4.73. The quantitative estimate of drug-likeness (QED) is 0.621. The van der Waals surface area contributed by atoms with E-state index in [9.17, 15) is 4.79 Å². The predicted octanol–water partition coefficient (Wildman–Crippen LogP) is 4.85. The normalized spacial score (nSPS) is 17.3. The number of para-hydroxylation sites is 1. The summed E-state index contributed by atoms with van der Waals surface area (Å²) in [5.41, 5.74) is 5.82. The SMILES string of the molecule is C=C1C(=O)N(c2ccccc2)c2ccc(NC3CCN(CCOC)CC3)c(CCC)c21. The second kappa shape index (κ2) is 9.67. The summed E-state index contributed by atoms with van der Waals surface area (Å²) in [6, 6.07) is 14.5. The van der Waals surface area contributed by atoms with Crippen molar-refractivity contribution >= 4 is 28.5 Å². The number of anilines is 3. The fraction of sp³-hybridized carbons (Fsp3) is 0.423. The van der Waals surface area contributed by atoms with Crippen LogP contribution in [0.3, 0.4) is 0 Å². The molecule has 0 atom stereocenters. The van der Waals surface area contributed by atoms with E-state index in [4.69, 9.17) is 4.74 Å². The maximum absolute atomic E-state index is 13.1. The molecule has 1 N–H and O–H groups in total. The minimum atomic E-state index is -0.0258. The van der Waals surface area contributed by atoms with Crippen LogP contribution in [0, 0.1) is 0 Å². The van der Waals surface area contributed by atoms with Crippen molar-refractivity contribution in [3.63, 3.8) is 0 Å². The monoisotopic (exact) mass is 419 g/mol. The van der Waals surface area contributed by atoms with Crippen molar-refractivity contribution < 1.29 is 9.53 Å². The van der Waals surface area contributed by atoms with Gasteiger partial charge in [-0.2, -0.15) is 0 Å². The number of benzene rings is 2. The van der Waals surface area contributed by atoms with Crippen molar-refractivity contribution in [3.8, 4) is 0 Å². The molecule has 0 radical (unpaired) electrons. The van der Waals surface area contributed by atoms with Gasteiger partial charge >= 0.3 is 0 Å². The van der Waals surface area contributed by atoms with Crippen LogP contribution in [0.5, 0.6) is 0 Å². The molecule has 1 amide bonds. The van der Waals surface area contributed by atoms with Crippen LogP contribution in [0.25, 0.3) is 5.57 Å². The number of nitrogens with zero attached hydrogens (tertiary/aromatic N) is 2. The molecule has 2 aromatic rings. The average Bonchev–Trinajstić information content (AvgIpc) is 3.06. The van der Waals surface area contributed by atoms with E-state index >= 15 is 0 Å². The van der Waals surface area contributed by atoms with Crippen molar-refractivity contribution in [2.45, 2.75) is 38.6 Å². The zero-order valence-corrected chi connectivity index (χ0v) is 18.7. The first-order valence-corrected chi connectivity index (χ1v) is 11.4. The summed E-state index contributed by atoms with van der Waals surface area (Å²) in [6.45, 7) is 10.3. The Morgan fingerprint density at radius 2 is 1.87 bits per heavy atom. The number of piperidine rings is 1. The standard InChI is InChI=1S/C26H33N3O2/c1-4-8-22-23(27-20-13-15-28(16-14-20)17-18-31-3)11-12-24-25(22)19(2)26(30)29(24)21-9-6-5-7-10-21/h5-7,9-12,20,27H,2,4,8,13-18H2,1,3H3. The molecule has 0 aliphatic carbocycles. The van der Waals surface area contributed by atoms with E-state index < -0.39 is 0 Å². The van der Waals surface area contributed by atoms with Crippen LogP contribution < -0.4 is 10.2 Å². The molecule has 31 heavy (non-hydrogen) atoms. The molecule has 0 unspecified atom stereocenters. The van der Waals surface area contributed by atoms with Gasteiger partial charge in [0.1, 0.15) is 0 Å². The second-order valence-electron chi connectivity index (χ2n) is 8.44. The molecule has 0 saturated carbocycles. The van der Waals surface area contributed by atoms with Gasteiger partial charge in [-0.05, 0) is 49.1 Å². The van der Waals surface area contributed by atoms with Crippen molar-refractivity contribution in [2.75, 3.05) is 43.6 Å². The molecule has 2 aliphatic heterocycles. The molecule has 0 spiro atoms. The molecule has 5 nitrogen and oxygen atoms in total. The summed E-state index contributed by atoms with van der Waals surface area (Å²) in [5, 5.41) is 3.80. The molecule has 0 bridgehead atoms. The molecule has 0 aromatic heterocycles. The van der Waals surface area contributed by atoms with Crippen LogP contribution in [0.15, 0.2) is 49.0 Å². The van der Waals surface area contributed by atoms with Gasteiger partial charge in [-0.15, -0.1) is 0 Å². The van der Waals surface area contributed by atoms with Gasteiger partial charge in [0.25, 0.3) is 5.91 Å². The van der Waals surface area contributed by atoms with E-state index in [0.29, 0.717) is 11.6 Å². The van der Waals surface area contributed by atoms with E-state index in [1.807, 2.05) is 30.3 Å².